The van der Waals surface area contributed by atoms with Crippen LogP contribution < -0.4 is 14.4 Å². The van der Waals surface area contributed by atoms with Crippen LogP contribution in [0.3, 0.4) is 0 Å². The smallest absolute Gasteiger partial charge is 0.226 e. The van der Waals surface area contributed by atoms with Gasteiger partial charge in [-0.25, -0.2) is 0 Å². The molecule has 0 unspecified atom stereocenters. The predicted octanol–water partition coefficient (Wildman–Crippen LogP) is 1.37. The second kappa shape index (κ2) is 8.92. The highest BCUT2D eigenvalue weighted by Crippen LogP contribution is 2.23. The molecule has 1 aliphatic heterocycles. The number of nitrogens with zero attached hydrogens (tertiary/aromatic N) is 1. The van der Waals surface area contributed by atoms with E-state index in [-0.39, 0.29) is 5.92 Å². The number of quaternary nitrogens is 1. The van der Waals surface area contributed by atoms with Crippen LogP contribution in [0.15, 0.2) is 18.2 Å². The highest BCUT2D eigenvalue weighted by Gasteiger charge is 2.30. The van der Waals surface area contributed by atoms with E-state index in [0.29, 0.717) is 5.91 Å². The van der Waals surface area contributed by atoms with Gasteiger partial charge in [0.25, 0.3) is 0 Å². The molecule has 1 saturated heterocycles. The molecule has 1 aromatic carbocycles. The normalized spacial score (nSPS) is 20.5. The summed E-state index contributed by atoms with van der Waals surface area (Å²) < 4.78 is 10.8. The highest BCUT2D eigenvalue weighted by molar-refractivity contribution is 5.78. The second-order valence-electron chi connectivity index (χ2n) is 6.39. The molecule has 5 nitrogen and oxygen atoms in total. The number of hydrogen-bond acceptors (Lipinski definition) is 3. The van der Waals surface area contributed by atoms with Crippen molar-refractivity contribution in [2.45, 2.75) is 33.2 Å². The first-order chi connectivity index (χ1) is 11.6. The molecule has 0 radical (unpaired) electrons. The van der Waals surface area contributed by atoms with E-state index in [2.05, 4.69) is 19.9 Å². The van der Waals surface area contributed by atoms with Gasteiger partial charge in [0.1, 0.15) is 18.0 Å². The zero-order valence-electron chi connectivity index (χ0n) is 15.4. The number of nitrogens with one attached hydrogen (secondary N) is 1. The third-order valence-electron chi connectivity index (χ3n) is 5.05. The number of rotatable bonds is 7. The van der Waals surface area contributed by atoms with Gasteiger partial charge >= 0.3 is 0 Å². The first-order valence-corrected chi connectivity index (χ1v) is 8.96. The van der Waals surface area contributed by atoms with Crippen molar-refractivity contribution in [1.29, 1.82) is 0 Å². The molecule has 1 fully saturated rings. The van der Waals surface area contributed by atoms with E-state index in [1.165, 1.54) is 10.5 Å². The van der Waals surface area contributed by atoms with Crippen molar-refractivity contribution >= 4 is 5.91 Å². The Morgan fingerprint density at radius 1 is 1.17 bits per heavy atom. The van der Waals surface area contributed by atoms with Crippen LogP contribution in [0.1, 0.15) is 32.3 Å². The molecule has 1 N–H and O–H groups in total. The lowest BCUT2D eigenvalue weighted by Crippen LogP contribution is -3.11. The van der Waals surface area contributed by atoms with Gasteiger partial charge < -0.3 is 19.3 Å². The summed E-state index contributed by atoms with van der Waals surface area (Å²) in [6, 6.07) is 5.94. The maximum atomic E-state index is 12.5. The fourth-order valence-corrected chi connectivity index (χ4v) is 3.53. The van der Waals surface area contributed by atoms with Gasteiger partial charge in [0.2, 0.25) is 5.91 Å². The van der Waals surface area contributed by atoms with Crippen molar-refractivity contribution in [1.82, 2.24) is 4.90 Å². The number of amides is 1. The van der Waals surface area contributed by atoms with E-state index in [9.17, 15) is 4.79 Å². The Bertz CT molecular complexity index is 535. The molecule has 0 bridgehead atoms. The summed E-state index contributed by atoms with van der Waals surface area (Å²) in [7, 11) is 3.39. The lowest BCUT2D eigenvalue weighted by molar-refractivity contribution is -0.919. The number of ether oxygens (including phenoxy) is 2. The van der Waals surface area contributed by atoms with E-state index in [4.69, 9.17) is 9.47 Å². The SMILES string of the molecule is CCN(CC)C(=O)C1CC[NH+](Cc2cc(OC)ccc2OC)CC1. The third-order valence-corrected chi connectivity index (χ3v) is 5.05. The average Bonchev–Trinajstić information content (AvgIpc) is 2.63. The molecule has 0 aromatic heterocycles. The van der Waals surface area contributed by atoms with Crippen molar-refractivity contribution in [3.05, 3.63) is 23.8 Å². The summed E-state index contributed by atoms with van der Waals surface area (Å²) >= 11 is 0. The molecule has 0 aliphatic carbocycles. The lowest BCUT2D eigenvalue weighted by Gasteiger charge is -2.31. The molecule has 1 amide bonds. The number of methoxy groups -OCH3 is 2. The van der Waals surface area contributed by atoms with Gasteiger partial charge in [-0.2, -0.15) is 0 Å². The van der Waals surface area contributed by atoms with Gasteiger partial charge in [-0.05, 0) is 32.0 Å². The fraction of sp³-hybridized carbons (Fsp3) is 0.632. The first kappa shape index (κ1) is 18.6. The van der Waals surface area contributed by atoms with E-state index in [0.717, 1.165) is 57.1 Å². The number of likely N-dealkylation sites (tertiary alicyclic amines) is 1. The van der Waals surface area contributed by atoms with Gasteiger partial charge in [-0.3, -0.25) is 4.79 Å². The Morgan fingerprint density at radius 2 is 1.83 bits per heavy atom. The number of carbonyl (C=O) groups is 1. The molecule has 1 aromatic rings. The van der Waals surface area contributed by atoms with Gasteiger partial charge in [0.05, 0.1) is 32.9 Å². The minimum absolute atomic E-state index is 0.195. The van der Waals surface area contributed by atoms with Crippen LogP contribution in [-0.4, -0.2) is 51.2 Å². The number of carbonyl (C=O) groups excluding carboxylic acids is 1. The first-order valence-electron chi connectivity index (χ1n) is 8.96. The summed E-state index contributed by atoms with van der Waals surface area (Å²) in [5.41, 5.74) is 1.17. The zero-order chi connectivity index (χ0) is 17.5. The van der Waals surface area contributed by atoms with Crippen molar-refractivity contribution in [3.8, 4) is 11.5 Å². The molecule has 0 spiro atoms. The second-order valence-corrected chi connectivity index (χ2v) is 6.39. The van der Waals surface area contributed by atoms with Crippen molar-refractivity contribution in [2.75, 3.05) is 40.4 Å². The van der Waals surface area contributed by atoms with Crippen LogP contribution in [0.5, 0.6) is 11.5 Å². The molecule has 24 heavy (non-hydrogen) atoms. The van der Waals surface area contributed by atoms with Gasteiger partial charge in [-0.1, -0.05) is 0 Å². The van der Waals surface area contributed by atoms with E-state index in [1.807, 2.05) is 17.0 Å². The predicted molar refractivity (Wildman–Crippen MR) is 94.6 cm³/mol. The minimum atomic E-state index is 0.195. The van der Waals surface area contributed by atoms with Crippen LogP contribution in [0.2, 0.25) is 0 Å². The van der Waals surface area contributed by atoms with E-state index >= 15 is 0 Å². The Labute approximate surface area is 145 Å². The Morgan fingerprint density at radius 3 is 2.38 bits per heavy atom. The summed E-state index contributed by atoms with van der Waals surface area (Å²) in [5, 5.41) is 0. The summed E-state index contributed by atoms with van der Waals surface area (Å²) in [4.78, 5) is 16.0. The Hall–Kier alpha value is -1.75. The quantitative estimate of drug-likeness (QED) is 0.818. The van der Waals surface area contributed by atoms with Crippen LogP contribution >= 0.6 is 0 Å². The zero-order valence-corrected chi connectivity index (χ0v) is 15.4. The third kappa shape index (κ3) is 4.41. The highest BCUT2D eigenvalue weighted by atomic mass is 16.5. The largest absolute Gasteiger partial charge is 0.497 e. The number of benzene rings is 1. The number of piperidine rings is 1. The molecule has 5 heteroatoms. The standard InChI is InChI=1S/C19H30N2O3/c1-5-21(6-2)19(22)15-9-11-20(12-10-15)14-16-13-17(23-3)7-8-18(16)24-4/h7-8,13,15H,5-6,9-12,14H2,1-4H3/p+1. The Balaban J connectivity index is 1.95. The summed E-state index contributed by atoms with van der Waals surface area (Å²) in [6.45, 7) is 8.68. The molecule has 1 aliphatic rings. The maximum absolute atomic E-state index is 12.5. The minimum Gasteiger partial charge on any atom is -0.497 e. The molecule has 2 rings (SSSR count). The van der Waals surface area contributed by atoms with Gasteiger partial charge in [-0.15, -0.1) is 0 Å². The topological polar surface area (TPSA) is 43.2 Å². The van der Waals surface area contributed by atoms with Crippen molar-refractivity contribution in [2.24, 2.45) is 5.92 Å². The fourth-order valence-electron chi connectivity index (χ4n) is 3.53. The van der Waals surface area contributed by atoms with Crippen molar-refractivity contribution in [3.63, 3.8) is 0 Å². The Kier molecular flexibility index (Phi) is 6.91. The van der Waals surface area contributed by atoms with Gasteiger partial charge in [0.15, 0.2) is 0 Å². The molecular weight excluding hydrogens is 304 g/mol. The molecule has 1 heterocycles. The van der Waals surface area contributed by atoms with Gasteiger partial charge in [0, 0.05) is 31.8 Å². The molecule has 134 valence electrons. The summed E-state index contributed by atoms with van der Waals surface area (Å²) in [5.74, 6) is 2.29. The molecular formula is C19H31N2O3+. The number of hydrogen-bond donors (Lipinski definition) is 1. The summed E-state index contributed by atoms with van der Waals surface area (Å²) in [6.07, 6.45) is 1.94. The van der Waals surface area contributed by atoms with Crippen LogP contribution in [-0.2, 0) is 11.3 Å². The van der Waals surface area contributed by atoms with E-state index in [1.54, 1.807) is 14.2 Å². The molecule has 0 atom stereocenters. The van der Waals surface area contributed by atoms with Crippen molar-refractivity contribution < 1.29 is 19.2 Å². The van der Waals surface area contributed by atoms with Crippen LogP contribution in [0.4, 0.5) is 0 Å². The van der Waals surface area contributed by atoms with E-state index < -0.39 is 0 Å². The van der Waals surface area contributed by atoms with Crippen LogP contribution in [0.25, 0.3) is 0 Å². The maximum Gasteiger partial charge on any atom is 0.226 e. The molecule has 0 saturated carbocycles. The lowest BCUT2D eigenvalue weighted by atomic mass is 9.95. The average molecular weight is 335 g/mol. The monoisotopic (exact) mass is 335 g/mol. The van der Waals surface area contributed by atoms with Crippen LogP contribution in [0, 0.1) is 5.92 Å².